The van der Waals surface area contributed by atoms with Crippen LogP contribution in [0.1, 0.15) is 24.8 Å². The van der Waals surface area contributed by atoms with Crippen LogP contribution in [0.15, 0.2) is 29.3 Å². The molecule has 2 N–H and O–H groups in total. The van der Waals surface area contributed by atoms with Gasteiger partial charge < -0.3 is 15.5 Å². The predicted molar refractivity (Wildman–Crippen MR) is 94.8 cm³/mol. The van der Waals surface area contributed by atoms with Gasteiger partial charge in [-0.1, -0.05) is 30.2 Å². The van der Waals surface area contributed by atoms with E-state index in [0.29, 0.717) is 0 Å². The zero-order chi connectivity index (χ0) is 15.6. The van der Waals surface area contributed by atoms with Gasteiger partial charge in [0.1, 0.15) is 0 Å². The molecule has 2 rings (SSSR count). The molecule has 1 heterocycles. The molecule has 0 aliphatic carbocycles. The molecule has 122 valence electrons. The summed E-state index contributed by atoms with van der Waals surface area (Å²) < 4.78 is 0. The fourth-order valence-electron chi connectivity index (χ4n) is 2.71. The minimum Gasteiger partial charge on any atom is -0.356 e. The van der Waals surface area contributed by atoms with Gasteiger partial charge in [-0.25, -0.2) is 0 Å². The normalized spacial score (nSPS) is 16.5. The van der Waals surface area contributed by atoms with Crippen molar-refractivity contribution in [2.45, 2.75) is 25.7 Å². The fraction of sp³-hybridized carbons (Fsp3) is 0.588. The molecule has 1 saturated heterocycles. The average Bonchev–Trinajstić information content (AvgIpc) is 2.56. The highest BCUT2D eigenvalue weighted by Gasteiger charge is 2.09. The van der Waals surface area contributed by atoms with Crippen molar-refractivity contribution in [3.05, 3.63) is 34.9 Å². The molecule has 0 amide bonds. The maximum absolute atomic E-state index is 5.89. The topological polar surface area (TPSA) is 39.7 Å². The number of aliphatic imine (C=N–C) groups is 1. The first-order chi connectivity index (χ1) is 10.8. The molecule has 1 fully saturated rings. The molecule has 22 heavy (non-hydrogen) atoms. The van der Waals surface area contributed by atoms with Crippen molar-refractivity contribution in [2.75, 3.05) is 39.8 Å². The van der Waals surface area contributed by atoms with E-state index in [-0.39, 0.29) is 0 Å². The Morgan fingerprint density at radius 1 is 1.09 bits per heavy atom. The van der Waals surface area contributed by atoms with Gasteiger partial charge in [0.2, 0.25) is 0 Å². The first-order valence-corrected chi connectivity index (χ1v) is 8.57. The molecule has 1 aliphatic heterocycles. The van der Waals surface area contributed by atoms with Crippen LogP contribution in [0, 0.1) is 0 Å². The first kappa shape index (κ1) is 17.1. The van der Waals surface area contributed by atoms with Crippen molar-refractivity contribution in [3.8, 4) is 0 Å². The minimum absolute atomic E-state index is 0.784. The molecule has 4 nitrogen and oxygen atoms in total. The summed E-state index contributed by atoms with van der Waals surface area (Å²) >= 11 is 5.89. The molecule has 5 heteroatoms. The number of likely N-dealkylation sites (tertiary alicyclic amines) is 1. The molecule has 1 aromatic carbocycles. The van der Waals surface area contributed by atoms with E-state index in [4.69, 9.17) is 11.6 Å². The molecular weight excluding hydrogens is 296 g/mol. The lowest BCUT2D eigenvalue weighted by atomic mass is 10.1. The Bertz CT molecular complexity index is 452. The van der Waals surface area contributed by atoms with Gasteiger partial charge >= 0.3 is 0 Å². The fourth-order valence-corrected chi connectivity index (χ4v) is 2.84. The van der Waals surface area contributed by atoms with E-state index in [2.05, 4.69) is 32.7 Å². The maximum Gasteiger partial charge on any atom is 0.191 e. The maximum atomic E-state index is 5.89. The van der Waals surface area contributed by atoms with Gasteiger partial charge in [0, 0.05) is 31.7 Å². The average molecular weight is 323 g/mol. The van der Waals surface area contributed by atoms with Crippen LogP contribution in [0.4, 0.5) is 0 Å². The number of nitrogens with one attached hydrogen (secondary N) is 2. The highest BCUT2D eigenvalue weighted by atomic mass is 35.5. The zero-order valence-corrected chi connectivity index (χ0v) is 14.2. The van der Waals surface area contributed by atoms with E-state index in [1.165, 1.54) is 37.9 Å². The second kappa shape index (κ2) is 9.70. The Labute approximate surface area is 138 Å². The Balaban J connectivity index is 1.61. The Morgan fingerprint density at radius 2 is 1.77 bits per heavy atom. The van der Waals surface area contributed by atoms with Crippen molar-refractivity contribution >= 4 is 17.6 Å². The summed E-state index contributed by atoms with van der Waals surface area (Å²) in [5.74, 6) is 0.881. The summed E-state index contributed by atoms with van der Waals surface area (Å²) in [5.41, 5.74) is 1.28. The Morgan fingerprint density at radius 3 is 2.45 bits per heavy atom. The summed E-state index contributed by atoms with van der Waals surface area (Å²) in [6, 6.07) is 8.00. The van der Waals surface area contributed by atoms with E-state index in [1.54, 1.807) is 0 Å². The first-order valence-electron chi connectivity index (χ1n) is 8.19. The van der Waals surface area contributed by atoms with Gasteiger partial charge in [0.15, 0.2) is 5.96 Å². The number of rotatable bonds is 6. The largest absolute Gasteiger partial charge is 0.356 e. The van der Waals surface area contributed by atoms with Crippen LogP contribution in [0.25, 0.3) is 0 Å². The van der Waals surface area contributed by atoms with Gasteiger partial charge in [-0.05, 0) is 50.0 Å². The van der Waals surface area contributed by atoms with Gasteiger partial charge in [-0.3, -0.25) is 4.99 Å². The quantitative estimate of drug-likeness (QED) is 0.624. The van der Waals surface area contributed by atoms with Gasteiger partial charge in [0.05, 0.1) is 0 Å². The SMILES string of the molecule is CN=C(NCCc1ccc(Cl)cc1)NCCN1CCCCC1. The molecule has 1 aromatic rings. The lowest BCUT2D eigenvalue weighted by molar-refractivity contribution is 0.232. The summed E-state index contributed by atoms with van der Waals surface area (Å²) in [5, 5.41) is 7.53. The molecule has 0 spiro atoms. The zero-order valence-electron chi connectivity index (χ0n) is 13.4. The molecule has 0 unspecified atom stereocenters. The van der Waals surface area contributed by atoms with Crippen molar-refractivity contribution in [2.24, 2.45) is 4.99 Å². The molecule has 0 atom stereocenters. The predicted octanol–water partition coefficient (Wildman–Crippen LogP) is 2.53. The number of hydrogen-bond donors (Lipinski definition) is 2. The van der Waals surface area contributed by atoms with E-state index in [0.717, 1.165) is 37.0 Å². The summed E-state index contributed by atoms with van der Waals surface area (Å²) in [7, 11) is 1.82. The highest BCUT2D eigenvalue weighted by Crippen LogP contribution is 2.09. The summed E-state index contributed by atoms with van der Waals surface area (Å²) in [6.45, 7) is 5.39. The second-order valence-corrected chi connectivity index (χ2v) is 6.14. The molecule has 0 saturated carbocycles. The Hall–Kier alpha value is -1.26. The third kappa shape index (κ3) is 6.24. The van der Waals surface area contributed by atoms with Crippen molar-refractivity contribution in [1.82, 2.24) is 15.5 Å². The van der Waals surface area contributed by atoms with E-state index in [1.807, 2.05) is 19.2 Å². The van der Waals surface area contributed by atoms with Crippen molar-refractivity contribution < 1.29 is 0 Å². The smallest absolute Gasteiger partial charge is 0.191 e. The number of benzene rings is 1. The van der Waals surface area contributed by atoms with Gasteiger partial charge in [-0.2, -0.15) is 0 Å². The van der Waals surface area contributed by atoms with Crippen LogP contribution in [0.5, 0.6) is 0 Å². The van der Waals surface area contributed by atoms with Crippen LogP contribution in [-0.4, -0.2) is 50.6 Å². The summed E-state index contributed by atoms with van der Waals surface area (Å²) in [4.78, 5) is 6.80. The molecule has 0 aromatic heterocycles. The monoisotopic (exact) mass is 322 g/mol. The summed E-state index contributed by atoms with van der Waals surface area (Å²) in [6.07, 6.45) is 5.03. The second-order valence-electron chi connectivity index (χ2n) is 5.70. The van der Waals surface area contributed by atoms with E-state index < -0.39 is 0 Å². The number of nitrogens with zero attached hydrogens (tertiary/aromatic N) is 2. The number of piperidine rings is 1. The van der Waals surface area contributed by atoms with E-state index in [9.17, 15) is 0 Å². The number of guanidine groups is 1. The molecule has 0 radical (unpaired) electrons. The molecule has 0 bridgehead atoms. The van der Waals surface area contributed by atoms with Crippen LogP contribution in [0.2, 0.25) is 5.02 Å². The lowest BCUT2D eigenvalue weighted by Crippen LogP contribution is -2.43. The number of hydrogen-bond acceptors (Lipinski definition) is 2. The third-order valence-electron chi connectivity index (χ3n) is 4.01. The van der Waals surface area contributed by atoms with Crippen LogP contribution in [-0.2, 0) is 6.42 Å². The van der Waals surface area contributed by atoms with Crippen LogP contribution in [0.3, 0.4) is 0 Å². The van der Waals surface area contributed by atoms with Crippen molar-refractivity contribution in [3.63, 3.8) is 0 Å². The third-order valence-corrected chi connectivity index (χ3v) is 4.26. The standard InChI is InChI=1S/C17H27ClN4/c1-19-17(21-11-14-22-12-3-2-4-13-22)20-10-9-15-5-7-16(18)8-6-15/h5-8H,2-4,9-14H2,1H3,(H2,19,20,21). The minimum atomic E-state index is 0.784. The molecule has 1 aliphatic rings. The van der Waals surface area contributed by atoms with Crippen LogP contribution < -0.4 is 10.6 Å². The van der Waals surface area contributed by atoms with Crippen LogP contribution >= 0.6 is 11.6 Å². The highest BCUT2D eigenvalue weighted by molar-refractivity contribution is 6.30. The van der Waals surface area contributed by atoms with E-state index >= 15 is 0 Å². The van der Waals surface area contributed by atoms with Gasteiger partial charge in [0.25, 0.3) is 0 Å². The van der Waals surface area contributed by atoms with Crippen molar-refractivity contribution in [1.29, 1.82) is 0 Å². The Kier molecular flexibility index (Phi) is 7.54. The van der Waals surface area contributed by atoms with Gasteiger partial charge in [-0.15, -0.1) is 0 Å². The molecular formula is C17H27ClN4. The number of halogens is 1. The lowest BCUT2D eigenvalue weighted by Gasteiger charge is -2.26.